The van der Waals surface area contributed by atoms with Crippen molar-refractivity contribution in [2.75, 3.05) is 13.7 Å². The van der Waals surface area contributed by atoms with Gasteiger partial charge in [0.2, 0.25) is 6.54 Å². The highest BCUT2D eigenvalue weighted by Gasteiger charge is 2.41. The van der Waals surface area contributed by atoms with Crippen molar-refractivity contribution in [3.05, 3.63) is 68.7 Å². The van der Waals surface area contributed by atoms with Gasteiger partial charge in [0.25, 0.3) is 0 Å². The van der Waals surface area contributed by atoms with Crippen molar-refractivity contribution in [1.82, 2.24) is 0 Å². The van der Waals surface area contributed by atoms with E-state index in [0.29, 0.717) is 27.6 Å². The number of fused-ring (bicyclic) bond motifs is 2. The van der Waals surface area contributed by atoms with Gasteiger partial charge in [0, 0.05) is 21.1 Å². The minimum absolute atomic E-state index is 0.414. The average Bonchev–Trinajstić information content (AvgIpc) is 2.68. The zero-order chi connectivity index (χ0) is 17.3. The highest BCUT2D eigenvalue weighted by molar-refractivity contribution is 6.30. The van der Waals surface area contributed by atoms with Gasteiger partial charge in [-0.3, -0.25) is 14.9 Å². The zero-order valence-corrected chi connectivity index (χ0v) is 13.5. The number of nitrogens with zero attached hydrogens (tertiary/aromatic N) is 1. The molecule has 0 radical (unpaired) electrons. The van der Waals surface area contributed by atoms with Gasteiger partial charge in [0.15, 0.2) is 0 Å². The standard InChI is InChI=1S/C17H14ClNO5/c1-23-17(20)16-12-8-10(18)6-7-15(12)24-14-5-3-2-4-11(14)13(16)9-19(21)22/h2-8,13,16H,9H2,1H3/t13?,16-/m1/s1. The molecule has 1 aliphatic rings. The Bertz CT molecular complexity index is 807. The first-order valence-corrected chi connectivity index (χ1v) is 7.65. The number of rotatable bonds is 3. The lowest BCUT2D eigenvalue weighted by Gasteiger charge is -2.21. The summed E-state index contributed by atoms with van der Waals surface area (Å²) in [5.41, 5.74) is 1.08. The maximum absolute atomic E-state index is 12.5. The van der Waals surface area contributed by atoms with Gasteiger partial charge >= 0.3 is 5.97 Å². The average molecular weight is 348 g/mol. The zero-order valence-electron chi connectivity index (χ0n) is 12.8. The number of carbonyl (C=O) groups excluding carboxylic acids is 1. The van der Waals surface area contributed by atoms with Gasteiger partial charge in [-0.05, 0) is 24.3 Å². The summed E-state index contributed by atoms with van der Waals surface area (Å²) in [5, 5.41) is 11.6. The van der Waals surface area contributed by atoms with Crippen LogP contribution in [0.25, 0.3) is 0 Å². The molecule has 124 valence electrons. The van der Waals surface area contributed by atoms with Crippen LogP contribution in [0.5, 0.6) is 11.5 Å². The van der Waals surface area contributed by atoms with E-state index in [9.17, 15) is 14.9 Å². The van der Waals surface area contributed by atoms with Crippen LogP contribution in [-0.2, 0) is 9.53 Å². The molecule has 7 heteroatoms. The summed E-state index contributed by atoms with van der Waals surface area (Å²) in [5.74, 6) is -1.24. The fraction of sp³-hybridized carbons (Fsp3) is 0.235. The Kier molecular flexibility index (Phi) is 4.40. The maximum Gasteiger partial charge on any atom is 0.314 e. The highest BCUT2D eigenvalue weighted by atomic mass is 35.5. The minimum atomic E-state index is -0.877. The summed E-state index contributed by atoms with van der Waals surface area (Å²) in [6, 6.07) is 11.9. The number of nitro groups is 1. The van der Waals surface area contributed by atoms with E-state index < -0.39 is 29.3 Å². The summed E-state index contributed by atoms with van der Waals surface area (Å²) in [6.45, 7) is -0.425. The van der Waals surface area contributed by atoms with Gasteiger partial charge in [-0.1, -0.05) is 29.8 Å². The van der Waals surface area contributed by atoms with Gasteiger partial charge in [0.05, 0.1) is 18.9 Å². The normalized spacial score (nSPS) is 18.6. The molecule has 1 heterocycles. The molecule has 1 aliphatic heterocycles. The lowest BCUT2D eigenvalue weighted by Crippen LogP contribution is -2.26. The Hall–Kier alpha value is -2.60. The number of hydrogen-bond acceptors (Lipinski definition) is 5. The number of hydrogen-bond donors (Lipinski definition) is 0. The van der Waals surface area contributed by atoms with Crippen LogP contribution in [-0.4, -0.2) is 24.5 Å². The highest BCUT2D eigenvalue weighted by Crippen LogP contribution is 2.47. The second-order valence-electron chi connectivity index (χ2n) is 5.44. The molecule has 0 amide bonds. The summed E-state index contributed by atoms with van der Waals surface area (Å²) >= 11 is 6.07. The number of para-hydroxylation sites is 1. The molecule has 2 aromatic carbocycles. The third kappa shape index (κ3) is 2.92. The summed E-state index contributed by atoms with van der Waals surface area (Å²) in [7, 11) is 1.26. The van der Waals surface area contributed by atoms with E-state index in [1.165, 1.54) is 7.11 Å². The van der Waals surface area contributed by atoms with Crippen molar-refractivity contribution < 1.29 is 19.2 Å². The van der Waals surface area contributed by atoms with E-state index in [4.69, 9.17) is 21.1 Å². The maximum atomic E-state index is 12.5. The second-order valence-corrected chi connectivity index (χ2v) is 5.88. The summed E-state index contributed by atoms with van der Waals surface area (Å²) in [4.78, 5) is 23.2. The first-order valence-electron chi connectivity index (χ1n) is 7.27. The van der Waals surface area contributed by atoms with Crippen LogP contribution in [0, 0.1) is 10.1 Å². The third-order valence-electron chi connectivity index (χ3n) is 4.05. The molecule has 24 heavy (non-hydrogen) atoms. The molecule has 0 saturated carbocycles. The summed E-state index contributed by atoms with van der Waals surface area (Å²) in [6.07, 6.45) is 0. The second kappa shape index (κ2) is 6.49. The predicted octanol–water partition coefficient (Wildman–Crippen LogP) is 3.76. The molecule has 0 spiro atoms. The van der Waals surface area contributed by atoms with Gasteiger partial charge in [0.1, 0.15) is 11.5 Å². The third-order valence-corrected chi connectivity index (χ3v) is 4.28. The molecule has 2 aromatic rings. The Labute approximate surface area is 143 Å². The van der Waals surface area contributed by atoms with Crippen LogP contribution >= 0.6 is 11.6 Å². The Morgan fingerprint density at radius 1 is 1.25 bits per heavy atom. The van der Waals surface area contributed by atoms with E-state index in [0.717, 1.165) is 0 Å². The molecule has 2 atom stereocenters. The predicted molar refractivity (Wildman–Crippen MR) is 87.3 cm³/mol. The summed E-state index contributed by atoms with van der Waals surface area (Å²) < 4.78 is 10.8. The van der Waals surface area contributed by atoms with Crippen molar-refractivity contribution in [1.29, 1.82) is 0 Å². The molecule has 6 nitrogen and oxygen atoms in total. The van der Waals surface area contributed by atoms with Gasteiger partial charge in [-0.2, -0.15) is 0 Å². The van der Waals surface area contributed by atoms with Crippen LogP contribution in [0.1, 0.15) is 23.0 Å². The minimum Gasteiger partial charge on any atom is -0.469 e. The lowest BCUT2D eigenvalue weighted by molar-refractivity contribution is -0.483. The van der Waals surface area contributed by atoms with E-state index in [1.807, 2.05) is 0 Å². The Balaban J connectivity index is 2.26. The molecular weight excluding hydrogens is 334 g/mol. The van der Waals surface area contributed by atoms with Gasteiger partial charge < -0.3 is 9.47 Å². The fourth-order valence-electron chi connectivity index (χ4n) is 3.03. The van der Waals surface area contributed by atoms with E-state index in [2.05, 4.69) is 0 Å². The number of carbonyl (C=O) groups is 1. The first-order chi connectivity index (χ1) is 11.5. The smallest absolute Gasteiger partial charge is 0.314 e. The van der Waals surface area contributed by atoms with Crippen molar-refractivity contribution in [2.45, 2.75) is 11.8 Å². The molecule has 0 N–H and O–H groups in total. The first kappa shape index (κ1) is 16.3. The molecule has 0 saturated heterocycles. The number of ether oxygens (including phenoxy) is 2. The Morgan fingerprint density at radius 2 is 1.96 bits per heavy atom. The van der Waals surface area contributed by atoms with Crippen LogP contribution in [0.4, 0.5) is 0 Å². The van der Waals surface area contributed by atoms with E-state index in [-0.39, 0.29) is 0 Å². The van der Waals surface area contributed by atoms with Crippen LogP contribution in [0.15, 0.2) is 42.5 Å². The van der Waals surface area contributed by atoms with Crippen molar-refractivity contribution in [2.24, 2.45) is 0 Å². The van der Waals surface area contributed by atoms with Crippen molar-refractivity contribution in [3.63, 3.8) is 0 Å². The molecular formula is C17H14ClNO5. The van der Waals surface area contributed by atoms with E-state index in [1.54, 1.807) is 42.5 Å². The number of halogens is 1. The molecule has 0 aromatic heterocycles. The number of benzene rings is 2. The van der Waals surface area contributed by atoms with Crippen molar-refractivity contribution >= 4 is 17.6 Å². The van der Waals surface area contributed by atoms with E-state index >= 15 is 0 Å². The van der Waals surface area contributed by atoms with Crippen LogP contribution < -0.4 is 4.74 Å². The number of methoxy groups -OCH3 is 1. The van der Waals surface area contributed by atoms with Crippen LogP contribution in [0.2, 0.25) is 5.02 Å². The van der Waals surface area contributed by atoms with Crippen LogP contribution in [0.3, 0.4) is 0 Å². The largest absolute Gasteiger partial charge is 0.469 e. The number of esters is 1. The van der Waals surface area contributed by atoms with Crippen molar-refractivity contribution in [3.8, 4) is 11.5 Å². The van der Waals surface area contributed by atoms with Gasteiger partial charge in [-0.25, -0.2) is 0 Å². The topological polar surface area (TPSA) is 78.7 Å². The fourth-order valence-corrected chi connectivity index (χ4v) is 3.21. The molecule has 0 bridgehead atoms. The molecule has 1 unspecified atom stereocenters. The lowest BCUT2D eigenvalue weighted by atomic mass is 9.81. The molecule has 0 fully saturated rings. The SMILES string of the molecule is COC(=O)[C@@H]1c2cc(Cl)ccc2Oc2ccccc2C1C[N+](=O)[O-]. The monoisotopic (exact) mass is 347 g/mol. The quantitative estimate of drug-likeness (QED) is 0.480. The molecule has 3 rings (SSSR count). The van der Waals surface area contributed by atoms with Gasteiger partial charge in [-0.15, -0.1) is 0 Å². The Morgan fingerprint density at radius 3 is 2.67 bits per heavy atom. The molecule has 0 aliphatic carbocycles.